The summed E-state index contributed by atoms with van der Waals surface area (Å²) in [5, 5.41) is 1.28. The van der Waals surface area contributed by atoms with Crippen molar-refractivity contribution >= 4 is 28.1 Å². The van der Waals surface area contributed by atoms with Crippen molar-refractivity contribution in [1.29, 1.82) is 0 Å². The summed E-state index contributed by atoms with van der Waals surface area (Å²) in [7, 11) is 1.28. The summed E-state index contributed by atoms with van der Waals surface area (Å²) in [6.45, 7) is 2.27. The molecule has 0 atom stereocenters. The van der Waals surface area contributed by atoms with Crippen molar-refractivity contribution in [2.75, 3.05) is 0 Å². The fourth-order valence-electron chi connectivity index (χ4n) is 6.18. The highest BCUT2D eigenvalue weighted by Crippen LogP contribution is 2.33. The Morgan fingerprint density at radius 1 is 0.711 bits per heavy atom. The molecule has 0 fully saturated rings. The molecule has 0 aliphatic carbocycles. The minimum Gasteiger partial charge on any atom is -0.326 e. The second-order valence-electron chi connectivity index (χ2n) is 11.5. The van der Waals surface area contributed by atoms with Crippen molar-refractivity contribution in [2.45, 2.75) is 37.8 Å². The minimum absolute atomic E-state index is 0.207. The summed E-state index contributed by atoms with van der Waals surface area (Å²) in [6.07, 6.45) is 11.0. The molecular formula is C41H43BN2Si. The van der Waals surface area contributed by atoms with Gasteiger partial charge in [0.05, 0.1) is 21.0 Å². The number of aromatic nitrogens is 2. The first kappa shape index (κ1) is 31.7. The Morgan fingerprint density at radius 2 is 1.27 bits per heavy atom. The lowest BCUT2D eigenvalue weighted by atomic mass is 9.92. The fourth-order valence-corrected chi connectivity index (χ4v) is 8.64. The van der Waals surface area contributed by atoms with Crippen LogP contribution in [0.3, 0.4) is 0 Å². The third-order valence-corrected chi connectivity index (χ3v) is 11.0. The van der Waals surface area contributed by atoms with Gasteiger partial charge >= 0.3 is 0 Å². The molecule has 1 heterocycles. The molecular weight excluding hydrogens is 559 g/mol. The van der Waals surface area contributed by atoms with E-state index in [1.54, 1.807) is 0 Å². The van der Waals surface area contributed by atoms with Crippen LogP contribution in [0.1, 0.15) is 54.0 Å². The molecule has 1 aromatic heterocycles. The highest BCUT2D eigenvalue weighted by Gasteiger charge is 2.36. The Kier molecular flexibility index (Phi) is 11.6. The van der Waals surface area contributed by atoms with E-state index in [4.69, 9.17) is 0 Å². The maximum atomic E-state index is 4.43. The highest BCUT2D eigenvalue weighted by atomic mass is 28.2. The molecule has 0 spiro atoms. The molecule has 45 heavy (non-hydrogen) atoms. The van der Waals surface area contributed by atoms with Gasteiger partial charge in [-0.3, -0.25) is 0 Å². The zero-order valence-electron chi connectivity index (χ0n) is 26.6. The van der Waals surface area contributed by atoms with Crippen LogP contribution in [0.25, 0.3) is 5.57 Å². The van der Waals surface area contributed by atoms with Gasteiger partial charge in [0.15, 0.2) is 0 Å². The lowest BCUT2D eigenvalue weighted by Gasteiger charge is -2.37. The summed E-state index contributed by atoms with van der Waals surface area (Å²) in [5.74, 6) is 2.16. The maximum absolute atomic E-state index is 4.43. The van der Waals surface area contributed by atoms with E-state index >= 15 is 0 Å². The van der Waals surface area contributed by atoms with E-state index in [0.29, 0.717) is 0 Å². The van der Waals surface area contributed by atoms with Gasteiger partial charge in [-0.05, 0) is 46.2 Å². The lowest BCUT2D eigenvalue weighted by Crippen LogP contribution is -2.46. The van der Waals surface area contributed by atoms with Crippen LogP contribution < -0.4 is 5.19 Å². The SMILES string of the molecule is BC=C(c1ccccc1)c1ccccc1.CCCCCc1cccc([SiH2]C(c2ccccc2)(c2ccccc2)n2ccnc2)c1. The topological polar surface area (TPSA) is 17.8 Å². The second-order valence-corrected chi connectivity index (χ2v) is 13.6. The molecule has 2 nitrogen and oxygen atoms in total. The molecule has 0 saturated heterocycles. The van der Waals surface area contributed by atoms with Crippen molar-refractivity contribution in [3.63, 3.8) is 0 Å². The molecule has 6 rings (SSSR count). The van der Waals surface area contributed by atoms with E-state index < -0.39 is 9.52 Å². The van der Waals surface area contributed by atoms with Gasteiger partial charge in [0.25, 0.3) is 0 Å². The first-order chi connectivity index (χ1) is 22.2. The standard InChI is InChI=1S/C27H30N2Si.C14H13B/c1-2-3-6-12-23-13-11-18-26(21-23)30-27(29-20-19-28-22-29,24-14-7-4-8-15-24)25-16-9-5-10-17-25;15-11-14(12-7-3-1-4-8-12)13-9-5-2-6-10-13/h4-5,7-11,13-22H,2-3,6,12,30H2,1H3;1-11H,15H2. The molecule has 0 aliphatic heterocycles. The van der Waals surface area contributed by atoms with Crippen LogP contribution in [0.15, 0.2) is 170 Å². The monoisotopic (exact) mass is 602 g/mol. The lowest BCUT2D eigenvalue weighted by molar-refractivity contribution is 0.596. The normalized spacial score (nSPS) is 11.1. The van der Waals surface area contributed by atoms with Crippen molar-refractivity contribution in [3.05, 3.63) is 198 Å². The van der Waals surface area contributed by atoms with E-state index in [1.165, 1.54) is 64.3 Å². The summed E-state index contributed by atoms with van der Waals surface area (Å²) < 4.78 is 2.33. The molecule has 0 aliphatic rings. The maximum Gasteiger partial charge on any atom is 0.130 e. The van der Waals surface area contributed by atoms with Crippen LogP contribution in [0.4, 0.5) is 0 Å². The largest absolute Gasteiger partial charge is 0.326 e. The Labute approximate surface area is 272 Å². The zero-order chi connectivity index (χ0) is 31.2. The predicted octanol–water partition coefficient (Wildman–Crippen LogP) is 7.57. The first-order valence-corrected chi connectivity index (χ1v) is 17.6. The third kappa shape index (κ3) is 8.09. The van der Waals surface area contributed by atoms with Gasteiger partial charge in [-0.25, -0.2) is 4.98 Å². The molecule has 0 unspecified atom stereocenters. The average Bonchev–Trinajstić information content (AvgIpc) is 3.66. The van der Waals surface area contributed by atoms with Gasteiger partial charge in [-0.2, -0.15) is 0 Å². The van der Waals surface area contributed by atoms with Crippen molar-refractivity contribution in [3.8, 4) is 0 Å². The van der Waals surface area contributed by atoms with Gasteiger partial charge < -0.3 is 4.57 Å². The smallest absolute Gasteiger partial charge is 0.130 e. The van der Waals surface area contributed by atoms with Crippen LogP contribution in [-0.4, -0.2) is 26.9 Å². The van der Waals surface area contributed by atoms with E-state index in [0.717, 1.165) is 0 Å². The first-order valence-electron chi connectivity index (χ1n) is 16.2. The van der Waals surface area contributed by atoms with E-state index in [1.807, 2.05) is 24.7 Å². The summed E-state index contributed by atoms with van der Waals surface area (Å²) in [6, 6.07) is 52.1. The molecule has 6 aromatic rings. The summed E-state index contributed by atoms with van der Waals surface area (Å²) >= 11 is 0. The quantitative estimate of drug-likeness (QED) is 0.111. The summed E-state index contributed by atoms with van der Waals surface area (Å²) in [5.41, 5.74) is 7.96. The Hall–Kier alpha value is -4.67. The van der Waals surface area contributed by atoms with Crippen LogP contribution in [0.5, 0.6) is 0 Å². The number of nitrogens with zero attached hydrogens (tertiary/aromatic N) is 2. The van der Waals surface area contributed by atoms with E-state index in [9.17, 15) is 0 Å². The second kappa shape index (κ2) is 16.4. The van der Waals surface area contributed by atoms with Gasteiger partial charge in [-0.1, -0.05) is 171 Å². The average molecular weight is 603 g/mol. The van der Waals surface area contributed by atoms with E-state index in [-0.39, 0.29) is 5.16 Å². The molecule has 0 saturated carbocycles. The van der Waals surface area contributed by atoms with Crippen molar-refractivity contribution in [1.82, 2.24) is 9.55 Å². The fraction of sp³-hybridized carbons (Fsp3) is 0.146. The van der Waals surface area contributed by atoms with Crippen molar-refractivity contribution < 1.29 is 0 Å². The van der Waals surface area contributed by atoms with Gasteiger partial charge in [0.2, 0.25) is 0 Å². The number of hydrogen-bond donors (Lipinski definition) is 0. The molecule has 0 amide bonds. The minimum atomic E-state index is -0.797. The van der Waals surface area contributed by atoms with Gasteiger partial charge in [-0.15, -0.1) is 5.98 Å². The Bertz CT molecular complexity index is 1640. The third-order valence-electron chi connectivity index (χ3n) is 8.43. The number of rotatable bonds is 11. The zero-order valence-corrected chi connectivity index (χ0v) is 28.0. The Balaban J connectivity index is 0.000000223. The van der Waals surface area contributed by atoms with Crippen LogP contribution in [0, 0.1) is 0 Å². The van der Waals surface area contributed by atoms with Crippen LogP contribution >= 0.6 is 0 Å². The number of aryl methyl sites for hydroxylation is 1. The van der Waals surface area contributed by atoms with E-state index in [2.05, 4.69) is 170 Å². The number of benzene rings is 5. The number of hydrogen-bond acceptors (Lipinski definition) is 1. The molecule has 224 valence electrons. The predicted molar refractivity (Wildman–Crippen MR) is 198 cm³/mol. The van der Waals surface area contributed by atoms with Crippen molar-refractivity contribution in [2.24, 2.45) is 0 Å². The summed E-state index contributed by atoms with van der Waals surface area (Å²) in [4.78, 5) is 4.43. The van der Waals surface area contributed by atoms with Gasteiger partial charge in [0.1, 0.15) is 7.85 Å². The van der Waals surface area contributed by atoms with Crippen LogP contribution in [0.2, 0.25) is 0 Å². The molecule has 0 radical (unpaired) electrons. The molecule has 5 aromatic carbocycles. The highest BCUT2D eigenvalue weighted by molar-refractivity contribution is 6.57. The van der Waals surface area contributed by atoms with Gasteiger partial charge in [0, 0.05) is 12.4 Å². The molecule has 0 N–H and O–H groups in total. The molecule has 0 bridgehead atoms. The Morgan fingerprint density at radius 3 is 1.76 bits per heavy atom. The number of imidazole rings is 1. The molecule has 4 heteroatoms. The van der Waals surface area contributed by atoms with Crippen LogP contribution in [-0.2, 0) is 11.6 Å². The number of unbranched alkanes of at least 4 members (excludes halogenated alkanes) is 2.